The Labute approximate surface area is 202 Å². The molecule has 1 aliphatic rings. The van der Waals surface area contributed by atoms with Crippen molar-refractivity contribution >= 4 is 17.8 Å². The summed E-state index contributed by atoms with van der Waals surface area (Å²) in [7, 11) is 1.97. The van der Waals surface area contributed by atoms with Gasteiger partial charge in [-0.25, -0.2) is 9.50 Å². The minimum atomic E-state index is -4.38. The van der Waals surface area contributed by atoms with E-state index in [0.29, 0.717) is 23.2 Å². The number of aromatic nitrogens is 3. The molecule has 2 aromatic heterocycles. The molecule has 1 saturated heterocycles. The van der Waals surface area contributed by atoms with Crippen molar-refractivity contribution in [2.24, 2.45) is 0 Å². The third-order valence-electron chi connectivity index (χ3n) is 6.12. The highest BCUT2D eigenvalue weighted by Crippen LogP contribution is 2.32. The number of rotatable bonds is 2. The fraction of sp³-hybridized carbons (Fsp3) is 0.440. The molecule has 1 amide bonds. The van der Waals surface area contributed by atoms with E-state index in [4.69, 9.17) is 0 Å². The van der Waals surface area contributed by atoms with Crippen LogP contribution in [-0.4, -0.2) is 57.4 Å². The lowest BCUT2D eigenvalue weighted by Crippen LogP contribution is -2.60. The lowest BCUT2D eigenvalue weighted by molar-refractivity contribution is -0.137. The molecule has 3 aromatic rings. The van der Waals surface area contributed by atoms with Gasteiger partial charge in [-0.15, -0.1) is 0 Å². The number of carbonyl (C=O) groups is 2. The van der Waals surface area contributed by atoms with Crippen LogP contribution >= 0.6 is 0 Å². The molecule has 10 heteroatoms. The number of piperazine rings is 1. The summed E-state index contributed by atoms with van der Waals surface area (Å²) in [5, 5.41) is 7.22. The first-order valence-corrected chi connectivity index (χ1v) is 11.2. The van der Waals surface area contributed by atoms with E-state index in [-0.39, 0.29) is 22.6 Å². The van der Waals surface area contributed by atoms with Crippen molar-refractivity contribution in [2.75, 3.05) is 20.1 Å². The summed E-state index contributed by atoms with van der Waals surface area (Å²) in [4.78, 5) is 28.5. The summed E-state index contributed by atoms with van der Waals surface area (Å²) in [6, 6.07) is 6.65. The lowest BCUT2D eigenvalue weighted by atomic mass is 9.87. The summed E-state index contributed by atoms with van der Waals surface area (Å²) in [6.45, 7) is 11.6. The number of hydrogen-bond donors (Lipinski definition) is 1. The van der Waals surface area contributed by atoms with Gasteiger partial charge >= 0.3 is 6.18 Å². The first-order chi connectivity index (χ1) is 16.1. The van der Waals surface area contributed by atoms with Crippen LogP contribution in [-0.2, 0) is 16.4 Å². The highest BCUT2D eigenvalue weighted by atomic mass is 19.4. The van der Waals surface area contributed by atoms with E-state index in [1.54, 1.807) is 6.07 Å². The minimum Gasteiger partial charge on any atom is -0.353 e. The standard InChI is InChI=1S/C18H16F3N3O.C7H14N2O/c1-17(2,3)14-8-15(23-24-9-13(10-25)22-16(14)24)11-4-6-12(7-5-11)18(19,20)21;1-7(2)6(10)8-4-5-9(7)3/h4-10H,1-3H3;4-5H2,1-3H3,(H,8,10). The summed E-state index contributed by atoms with van der Waals surface area (Å²) in [5.74, 6) is 0.126. The maximum Gasteiger partial charge on any atom is 0.416 e. The van der Waals surface area contributed by atoms with Gasteiger partial charge in [-0.2, -0.15) is 18.3 Å². The van der Waals surface area contributed by atoms with Gasteiger partial charge in [0.05, 0.1) is 23.0 Å². The molecule has 0 bridgehead atoms. The van der Waals surface area contributed by atoms with Gasteiger partial charge in [0.1, 0.15) is 5.69 Å². The summed E-state index contributed by atoms with van der Waals surface area (Å²) < 4.78 is 39.7. The summed E-state index contributed by atoms with van der Waals surface area (Å²) in [6.07, 6.45) is -2.24. The average molecular weight is 490 g/mol. The Hall–Kier alpha value is -3.27. The Kier molecular flexibility index (Phi) is 7.08. The second-order valence-electron chi connectivity index (χ2n) is 10.1. The number of amides is 1. The predicted molar refractivity (Wildman–Crippen MR) is 127 cm³/mol. The fourth-order valence-corrected chi connectivity index (χ4v) is 3.58. The number of halogens is 3. The zero-order valence-corrected chi connectivity index (χ0v) is 20.7. The number of nitrogens with zero attached hydrogens (tertiary/aromatic N) is 4. The van der Waals surface area contributed by atoms with Crippen LogP contribution in [0.2, 0.25) is 0 Å². The number of nitrogens with one attached hydrogen (secondary N) is 1. The smallest absolute Gasteiger partial charge is 0.353 e. The fourth-order valence-electron chi connectivity index (χ4n) is 3.58. The van der Waals surface area contributed by atoms with Crippen LogP contribution in [0.3, 0.4) is 0 Å². The van der Waals surface area contributed by atoms with Crippen LogP contribution in [0, 0.1) is 0 Å². The number of imidazole rings is 1. The van der Waals surface area contributed by atoms with Gasteiger partial charge in [0.2, 0.25) is 5.91 Å². The van der Waals surface area contributed by atoms with Crippen molar-refractivity contribution < 1.29 is 22.8 Å². The molecule has 1 fully saturated rings. The van der Waals surface area contributed by atoms with Crippen molar-refractivity contribution in [3.05, 3.63) is 53.3 Å². The summed E-state index contributed by atoms with van der Waals surface area (Å²) in [5.41, 5.74) is 1.43. The zero-order valence-electron chi connectivity index (χ0n) is 20.7. The average Bonchev–Trinajstić information content (AvgIpc) is 3.19. The zero-order chi connectivity index (χ0) is 26.2. The van der Waals surface area contributed by atoms with Crippen LogP contribution in [0.25, 0.3) is 16.9 Å². The normalized spacial score (nSPS) is 16.4. The molecule has 7 nitrogen and oxygen atoms in total. The highest BCUT2D eigenvalue weighted by Gasteiger charge is 2.34. The largest absolute Gasteiger partial charge is 0.416 e. The highest BCUT2D eigenvalue weighted by molar-refractivity contribution is 5.86. The van der Waals surface area contributed by atoms with Gasteiger partial charge in [0, 0.05) is 24.2 Å². The Morgan fingerprint density at radius 1 is 1.11 bits per heavy atom. The molecule has 0 saturated carbocycles. The molecular formula is C25H30F3N5O2. The second kappa shape index (κ2) is 9.41. The molecule has 1 N–H and O–H groups in total. The van der Waals surface area contributed by atoms with Crippen LogP contribution in [0.4, 0.5) is 13.2 Å². The molecule has 0 aliphatic carbocycles. The molecule has 0 spiro atoms. The third kappa shape index (κ3) is 5.70. The van der Waals surface area contributed by atoms with Gasteiger partial charge in [0.15, 0.2) is 11.9 Å². The topological polar surface area (TPSA) is 79.6 Å². The van der Waals surface area contributed by atoms with E-state index in [9.17, 15) is 22.8 Å². The molecule has 4 rings (SSSR count). The SMILES string of the molecule is CC(C)(C)c1cc(-c2ccc(C(F)(F)F)cc2)nn2cc(C=O)nc12.CN1CCNC(=O)C1(C)C. The molecular weight excluding hydrogens is 459 g/mol. The minimum absolute atomic E-state index is 0.126. The Morgan fingerprint density at radius 3 is 2.23 bits per heavy atom. The van der Waals surface area contributed by atoms with Crippen molar-refractivity contribution in [3.8, 4) is 11.3 Å². The Morgan fingerprint density at radius 2 is 1.74 bits per heavy atom. The van der Waals surface area contributed by atoms with Crippen LogP contribution in [0.1, 0.15) is 56.2 Å². The first kappa shape index (κ1) is 26.3. The first-order valence-electron chi connectivity index (χ1n) is 11.2. The molecule has 3 heterocycles. The molecule has 1 aliphatic heterocycles. The maximum atomic E-state index is 12.7. The van der Waals surface area contributed by atoms with Crippen LogP contribution in [0.5, 0.6) is 0 Å². The monoisotopic (exact) mass is 489 g/mol. The van der Waals surface area contributed by atoms with E-state index in [1.165, 1.54) is 22.8 Å². The van der Waals surface area contributed by atoms with E-state index in [1.807, 2.05) is 41.7 Å². The van der Waals surface area contributed by atoms with Gasteiger partial charge in [-0.1, -0.05) is 32.9 Å². The molecule has 35 heavy (non-hydrogen) atoms. The van der Waals surface area contributed by atoms with E-state index in [0.717, 1.165) is 30.8 Å². The van der Waals surface area contributed by atoms with E-state index >= 15 is 0 Å². The third-order valence-corrected chi connectivity index (χ3v) is 6.12. The summed E-state index contributed by atoms with van der Waals surface area (Å²) >= 11 is 0. The molecule has 188 valence electrons. The van der Waals surface area contributed by atoms with E-state index < -0.39 is 11.7 Å². The number of alkyl halides is 3. The van der Waals surface area contributed by atoms with Crippen molar-refractivity contribution in [3.63, 3.8) is 0 Å². The molecule has 1 aromatic carbocycles. The quantitative estimate of drug-likeness (QED) is 0.542. The molecule has 0 atom stereocenters. The second-order valence-corrected chi connectivity index (χ2v) is 10.1. The van der Waals surface area contributed by atoms with Crippen molar-refractivity contribution in [2.45, 2.75) is 51.7 Å². The van der Waals surface area contributed by atoms with Gasteiger partial charge < -0.3 is 5.32 Å². The predicted octanol–water partition coefficient (Wildman–Crippen LogP) is 4.35. The molecule has 0 unspecified atom stereocenters. The lowest BCUT2D eigenvalue weighted by Gasteiger charge is -2.38. The Bertz CT molecular complexity index is 1220. The van der Waals surface area contributed by atoms with Gasteiger partial charge in [-0.3, -0.25) is 14.5 Å². The Balaban J connectivity index is 0.000000287. The molecule has 0 radical (unpaired) electrons. The van der Waals surface area contributed by atoms with Gasteiger partial charge in [-0.05, 0) is 44.5 Å². The van der Waals surface area contributed by atoms with Crippen molar-refractivity contribution in [1.82, 2.24) is 24.8 Å². The van der Waals surface area contributed by atoms with Crippen LogP contribution in [0.15, 0.2) is 36.5 Å². The number of aldehydes is 1. The maximum absolute atomic E-state index is 12.7. The number of benzene rings is 1. The van der Waals surface area contributed by atoms with E-state index in [2.05, 4.69) is 20.3 Å². The number of carbonyl (C=O) groups excluding carboxylic acids is 2. The van der Waals surface area contributed by atoms with Crippen LogP contribution < -0.4 is 5.32 Å². The number of fused-ring (bicyclic) bond motifs is 1. The number of likely N-dealkylation sites (N-methyl/N-ethyl adjacent to an activating group) is 1. The van der Waals surface area contributed by atoms with Crippen molar-refractivity contribution in [1.29, 1.82) is 0 Å². The van der Waals surface area contributed by atoms with Gasteiger partial charge in [0.25, 0.3) is 0 Å². The number of hydrogen-bond acceptors (Lipinski definition) is 5.